The van der Waals surface area contributed by atoms with E-state index in [9.17, 15) is 0 Å². The molecule has 0 aromatic heterocycles. The maximum atomic E-state index is 5.30. The summed E-state index contributed by atoms with van der Waals surface area (Å²) in [4.78, 5) is 0. The molecule has 1 unspecified atom stereocenters. The zero-order chi connectivity index (χ0) is 5.82. The third kappa shape index (κ3) is 1.46. The molecule has 0 bridgehead atoms. The molecule has 0 radical (unpaired) electrons. The van der Waals surface area contributed by atoms with Gasteiger partial charge in [0.05, 0.1) is 0 Å². The van der Waals surface area contributed by atoms with E-state index >= 15 is 0 Å². The van der Waals surface area contributed by atoms with Crippen LogP contribution in [0.2, 0.25) is 0 Å². The van der Waals surface area contributed by atoms with E-state index in [4.69, 9.17) is 4.74 Å². The van der Waals surface area contributed by atoms with E-state index in [0.29, 0.717) is 6.10 Å². The lowest BCUT2D eigenvalue weighted by Gasteiger charge is -2.16. The molecule has 0 saturated carbocycles. The highest BCUT2D eigenvalue weighted by Gasteiger charge is 2.09. The molecule has 0 aliphatic carbocycles. The molecule has 0 aromatic carbocycles. The largest absolute Gasteiger partial charge is 0.663 e. The average molecular weight is 114 g/mol. The summed E-state index contributed by atoms with van der Waals surface area (Å²) in [5.74, 6) is 0. The topological polar surface area (TPSA) is 23.3 Å². The minimum Gasteiger partial charge on any atom is -0.663 e. The SMILES string of the molecule is C[N-]CC1CCCO1. The molecule has 1 heterocycles. The minimum absolute atomic E-state index is 0.444. The fraction of sp³-hybridized carbons (Fsp3) is 1.00. The predicted octanol–water partition coefficient (Wildman–Crippen LogP) is 1.17. The first kappa shape index (κ1) is 6.05. The molecular formula is C6H12NO-. The van der Waals surface area contributed by atoms with Crippen molar-refractivity contribution in [1.29, 1.82) is 0 Å². The fourth-order valence-electron chi connectivity index (χ4n) is 0.992. The Morgan fingerprint density at radius 3 is 3.12 bits per heavy atom. The van der Waals surface area contributed by atoms with Crippen LogP contribution in [0.25, 0.3) is 5.32 Å². The van der Waals surface area contributed by atoms with Crippen molar-refractivity contribution in [3.8, 4) is 0 Å². The summed E-state index contributed by atoms with van der Waals surface area (Å²) < 4.78 is 5.30. The van der Waals surface area contributed by atoms with E-state index in [2.05, 4.69) is 5.32 Å². The van der Waals surface area contributed by atoms with Crippen LogP contribution in [-0.2, 0) is 4.74 Å². The van der Waals surface area contributed by atoms with Gasteiger partial charge >= 0.3 is 0 Å². The summed E-state index contributed by atoms with van der Waals surface area (Å²) in [6.45, 7) is 1.83. The molecule has 1 fully saturated rings. The van der Waals surface area contributed by atoms with E-state index in [-0.39, 0.29) is 0 Å². The molecular weight excluding hydrogens is 102 g/mol. The van der Waals surface area contributed by atoms with Crippen molar-refractivity contribution >= 4 is 0 Å². The van der Waals surface area contributed by atoms with E-state index in [1.165, 1.54) is 12.8 Å². The molecule has 2 nitrogen and oxygen atoms in total. The number of hydrogen-bond acceptors (Lipinski definition) is 1. The molecule has 0 amide bonds. The highest BCUT2D eigenvalue weighted by molar-refractivity contribution is 4.79. The molecule has 2 heteroatoms. The lowest BCUT2D eigenvalue weighted by atomic mass is 10.2. The Morgan fingerprint density at radius 1 is 1.75 bits per heavy atom. The van der Waals surface area contributed by atoms with Crippen LogP contribution >= 0.6 is 0 Å². The molecule has 0 spiro atoms. The van der Waals surface area contributed by atoms with Crippen molar-refractivity contribution in [2.75, 3.05) is 20.2 Å². The second-order valence-electron chi connectivity index (χ2n) is 2.13. The Balaban J connectivity index is 2.06. The molecule has 1 aliphatic rings. The molecule has 1 aliphatic heterocycles. The Kier molecular flexibility index (Phi) is 2.30. The molecule has 8 heavy (non-hydrogen) atoms. The average Bonchev–Trinajstić information content (AvgIpc) is 2.19. The highest BCUT2D eigenvalue weighted by atomic mass is 16.5. The zero-order valence-electron chi connectivity index (χ0n) is 5.26. The van der Waals surface area contributed by atoms with Crippen LogP contribution in [0, 0.1) is 0 Å². The van der Waals surface area contributed by atoms with Crippen LogP contribution in [0.4, 0.5) is 0 Å². The Morgan fingerprint density at radius 2 is 2.62 bits per heavy atom. The van der Waals surface area contributed by atoms with Gasteiger partial charge in [-0.15, -0.1) is 6.54 Å². The van der Waals surface area contributed by atoms with E-state index in [1.54, 1.807) is 0 Å². The van der Waals surface area contributed by atoms with E-state index < -0.39 is 0 Å². The quantitative estimate of drug-likeness (QED) is 0.528. The second-order valence-corrected chi connectivity index (χ2v) is 2.13. The van der Waals surface area contributed by atoms with Gasteiger partial charge in [-0.3, -0.25) is 0 Å². The summed E-state index contributed by atoms with van der Waals surface area (Å²) in [5.41, 5.74) is 0. The Labute approximate surface area is 50.2 Å². The first-order valence-electron chi connectivity index (χ1n) is 3.10. The van der Waals surface area contributed by atoms with Gasteiger partial charge in [-0.2, -0.15) is 7.05 Å². The standard InChI is InChI=1S/C6H12NO/c1-7-5-6-3-2-4-8-6/h6H,2-5H2,1H3/q-1. The van der Waals surface area contributed by atoms with Crippen molar-refractivity contribution in [1.82, 2.24) is 0 Å². The van der Waals surface area contributed by atoms with Crippen LogP contribution in [-0.4, -0.2) is 26.3 Å². The lowest BCUT2D eigenvalue weighted by molar-refractivity contribution is 0.122. The number of likely N-dealkylation sites (N-methyl/N-ethyl adjacent to an activating group) is 1. The summed E-state index contributed by atoms with van der Waals surface area (Å²) in [6.07, 6.45) is 2.87. The highest BCUT2D eigenvalue weighted by Crippen LogP contribution is 2.12. The number of rotatable bonds is 2. The molecule has 1 rings (SSSR count). The van der Waals surface area contributed by atoms with Crippen LogP contribution in [0.5, 0.6) is 0 Å². The normalized spacial score (nSPS) is 28.9. The summed E-state index contributed by atoms with van der Waals surface area (Å²) >= 11 is 0. The van der Waals surface area contributed by atoms with Gasteiger partial charge in [0, 0.05) is 12.7 Å². The van der Waals surface area contributed by atoms with E-state index in [1.807, 2.05) is 7.05 Å². The van der Waals surface area contributed by atoms with Crippen molar-refractivity contribution in [3.05, 3.63) is 5.32 Å². The van der Waals surface area contributed by atoms with E-state index in [0.717, 1.165) is 13.2 Å². The summed E-state index contributed by atoms with van der Waals surface area (Å²) in [7, 11) is 1.84. The number of hydrogen-bond donors (Lipinski definition) is 0. The molecule has 0 N–H and O–H groups in total. The monoisotopic (exact) mass is 114 g/mol. The lowest BCUT2D eigenvalue weighted by Crippen LogP contribution is -2.08. The van der Waals surface area contributed by atoms with Crippen molar-refractivity contribution in [3.63, 3.8) is 0 Å². The van der Waals surface area contributed by atoms with Crippen LogP contribution < -0.4 is 0 Å². The third-order valence-electron chi connectivity index (χ3n) is 1.41. The smallest absolute Gasteiger partial charge is 0.0469 e. The van der Waals surface area contributed by atoms with Gasteiger partial charge < -0.3 is 10.1 Å². The first-order chi connectivity index (χ1) is 3.93. The van der Waals surface area contributed by atoms with Gasteiger partial charge in [0.2, 0.25) is 0 Å². The van der Waals surface area contributed by atoms with Crippen molar-refractivity contribution in [2.45, 2.75) is 18.9 Å². The second kappa shape index (κ2) is 3.05. The van der Waals surface area contributed by atoms with Gasteiger partial charge in [-0.25, -0.2) is 0 Å². The molecule has 1 saturated heterocycles. The van der Waals surface area contributed by atoms with Gasteiger partial charge in [-0.1, -0.05) is 0 Å². The maximum Gasteiger partial charge on any atom is 0.0469 e. The zero-order valence-corrected chi connectivity index (χ0v) is 5.26. The summed E-state index contributed by atoms with van der Waals surface area (Å²) in [5, 5.41) is 3.99. The molecule has 48 valence electrons. The van der Waals surface area contributed by atoms with Crippen LogP contribution in [0.15, 0.2) is 0 Å². The van der Waals surface area contributed by atoms with Crippen LogP contribution in [0.3, 0.4) is 0 Å². The Bertz CT molecular complexity index is 59.5. The van der Waals surface area contributed by atoms with Gasteiger partial charge in [0.1, 0.15) is 0 Å². The summed E-state index contributed by atoms with van der Waals surface area (Å²) in [6, 6.07) is 0. The maximum absolute atomic E-state index is 5.30. The molecule has 0 aromatic rings. The van der Waals surface area contributed by atoms with Crippen molar-refractivity contribution < 1.29 is 4.74 Å². The van der Waals surface area contributed by atoms with Gasteiger partial charge in [0.15, 0.2) is 0 Å². The number of nitrogens with zero attached hydrogens (tertiary/aromatic N) is 1. The van der Waals surface area contributed by atoms with Gasteiger partial charge in [0.25, 0.3) is 0 Å². The minimum atomic E-state index is 0.444. The van der Waals surface area contributed by atoms with Crippen molar-refractivity contribution in [2.24, 2.45) is 0 Å². The first-order valence-corrected chi connectivity index (χ1v) is 3.10. The predicted molar refractivity (Wildman–Crippen MR) is 33.1 cm³/mol. The number of ether oxygens (including phenoxy) is 1. The Hall–Kier alpha value is -0.0800. The van der Waals surface area contributed by atoms with Gasteiger partial charge in [-0.05, 0) is 12.8 Å². The third-order valence-corrected chi connectivity index (χ3v) is 1.41. The van der Waals surface area contributed by atoms with Crippen LogP contribution in [0.1, 0.15) is 12.8 Å². The molecule has 1 atom stereocenters. The fourth-order valence-corrected chi connectivity index (χ4v) is 0.992.